The van der Waals surface area contributed by atoms with Crippen LogP contribution in [0.1, 0.15) is 59.3 Å². The summed E-state index contributed by atoms with van der Waals surface area (Å²) in [5.41, 5.74) is 0.0594. The molecule has 2 fully saturated rings. The Kier molecular flexibility index (Phi) is 3.27. The zero-order valence-electron chi connectivity index (χ0n) is 10.9. The summed E-state index contributed by atoms with van der Waals surface area (Å²) < 4.78 is 0. The third-order valence-corrected chi connectivity index (χ3v) is 5.03. The summed E-state index contributed by atoms with van der Waals surface area (Å²) in [6.45, 7) is 6.54. The molecular weight excluding hydrogens is 198 g/mol. The van der Waals surface area contributed by atoms with E-state index in [1.54, 1.807) is 0 Å². The van der Waals surface area contributed by atoms with Gasteiger partial charge in [0.25, 0.3) is 0 Å². The minimum absolute atomic E-state index is 0.0594. The molecule has 0 aliphatic heterocycles. The highest BCUT2D eigenvalue weighted by Gasteiger charge is 2.48. The van der Waals surface area contributed by atoms with E-state index in [-0.39, 0.29) is 5.54 Å². The van der Waals surface area contributed by atoms with Gasteiger partial charge in [-0.3, -0.25) is 4.79 Å². The van der Waals surface area contributed by atoms with E-state index in [1.807, 2.05) is 0 Å². The minimum Gasteiger partial charge on any atom is -0.350 e. The van der Waals surface area contributed by atoms with Gasteiger partial charge >= 0.3 is 0 Å². The Hall–Kier alpha value is -0.530. The molecule has 2 aliphatic rings. The molecule has 2 aliphatic carbocycles. The standard InChI is InChI=1S/C14H25NO/c1-4-14(5-2,6-3)15-13(16)12-8-10-7-11(10)9-12/h10-12H,4-9H2,1-3H3,(H,15,16). The second kappa shape index (κ2) is 4.38. The van der Waals surface area contributed by atoms with Crippen molar-refractivity contribution in [3.8, 4) is 0 Å². The molecule has 2 saturated carbocycles. The Labute approximate surface area is 99.2 Å². The quantitative estimate of drug-likeness (QED) is 0.762. The van der Waals surface area contributed by atoms with Crippen LogP contribution in [0.25, 0.3) is 0 Å². The SMILES string of the molecule is CCC(CC)(CC)NC(=O)C1CC2CC2C1. The predicted octanol–water partition coefficient (Wildman–Crippen LogP) is 3.12. The van der Waals surface area contributed by atoms with Gasteiger partial charge in [-0.1, -0.05) is 20.8 Å². The van der Waals surface area contributed by atoms with Crippen LogP contribution in [0.4, 0.5) is 0 Å². The first-order chi connectivity index (χ1) is 7.64. The van der Waals surface area contributed by atoms with Gasteiger partial charge in [0.2, 0.25) is 5.91 Å². The summed E-state index contributed by atoms with van der Waals surface area (Å²) in [5.74, 6) is 2.45. The summed E-state index contributed by atoms with van der Waals surface area (Å²) in [5, 5.41) is 3.32. The van der Waals surface area contributed by atoms with Gasteiger partial charge in [0.15, 0.2) is 0 Å². The second-order valence-corrected chi connectivity index (χ2v) is 5.75. The van der Waals surface area contributed by atoms with Gasteiger partial charge in [-0.25, -0.2) is 0 Å². The fraction of sp³-hybridized carbons (Fsp3) is 0.929. The second-order valence-electron chi connectivity index (χ2n) is 5.75. The molecule has 1 N–H and O–H groups in total. The maximum atomic E-state index is 12.2. The van der Waals surface area contributed by atoms with E-state index in [1.165, 1.54) is 6.42 Å². The lowest BCUT2D eigenvalue weighted by molar-refractivity contribution is -0.127. The van der Waals surface area contributed by atoms with Crippen LogP contribution in [0.15, 0.2) is 0 Å². The van der Waals surface area contributed by atoms with Gasteiger partial charge in [0.1, 0.15) is 0 Å². The Balaban J connectivity index is 1.89. The first-order valence-electron chi connectivity index (χ1n) is 6.96. The summed E-state index contributed by atoms with van der Waals surface area (Å²) in [4.78, 5) is 12.2. The Morgan fingerprint density at radius 3 is 2.00 bits per heavy atom. The smallest absolute Gasteiger partial charge is 0.223 e. The molecular formula is C14H25NO. The molecule has 0 bridgehead atoms. The van der Waals surface area contributed by atoms with E-state index >= 15 is 0 Å². The number of hydrogen-bond acceptors (Lipinski definition) is 1. The van der Waals surface area contributed by atoms with Crippen LogP contribution in [-0.2, 0) is 4.79 Å². The Bertz CT molecular complexity index is 252. The van der Waals surface area contributed by atoms with Crippen molar-refractivity contribution in [3.63, 3.8) is 0 Å². The molecule has 2 nitrogen and oxygen atoms in total. The van der Waals surface area contributed by atoms with Crippen LogP contribution in [0.5, 0.6) is 0 Å². The number of fused-ring (bicyclic) bond motifs is 1. The molecule has 0 heterocycles. The van der Waals surface area contributed by atoms with Crippen LogP contribution in [0.2, 0.25) is 0 Å². The van der Waals surface area contributed by atoms with Crippen molar-refractivity contribution < 1.29 is 4.79 Å². The Morgan fingerprint density at radius 1 is 1.06 bits per heavy atom. The van der Waals surface area contributed by atoms with Crippen LogP contribution in [0, 0.1) is 17.8 Å². The maximum absolute atomic E-state index is 12.2. The van der Waals surface area contributed by atoms with Gasteiger partial charge < -0.3 is 5.32 Å². The van der Waals surface area contributed by atoms with E-state index in [0.717, 1.165) is 43.9 Å². The molecule has 0 aromatic rings. The summed E-state index contributed by atoms with van der Waals surface area (Å²) in [6.07, 6.45) is 6.85. The monoisotopic (exact) mass is 223 g/mol. The predicted molar refractivity (Wildman–Crippen MR) is 66.1 cm³/mol. The van der Waals surface area contributed by atoms with Gasteiger partial charge in [0.05, 0.1) is 0 Å². The van der Waals surface area contributed by atoms with Crippen molar-refractivity contribution >= 4 is 5.91 Å². The minimum atomic E-state index is 0.0594. The van der Waals surface area contributed by atoms with E-state index in [0.29, 0.717) is 11.8 Å². The number of nitrogens with one attached hydrogen (secondary N) is 1. The number of amides is 1. The van der Waals surface area contributed by atoms with Crippen LogP contribution >= 0.6 is 0 Å². The lowest BCUT2D eigenvalue weighted by Crippen LogP contribution is -2.49. The molecule has 92 valence electrons. The molecule has 2 unspecified atom stereocenters. The van der Waals surface area contributed by atoms with Gasteiger partial charge in [-0.15, -0.1) is 0 Å². The normalized spacial score (nSPS) is 32.3. The fourth-order valence-electron chi connectivity index (χ4n) is 3.31. The van der Waals surface area contributed by atoms with Crippen LogP contribution in [0.3, 0.4) is 0 Å². The summed E-state index contributed by atoms with van der Waals surface area (Å²) >= 11 is 0. The molecule has 0 spiro atoms. The lowest BCUT2D eigenvalue weighted by atomic mass is 9.88. The van der Waals surface area contributed by atoms with Crippen molar-refractivity contribution in [1.82, 2.24) is 5.32 Å². The molecule has 2 atom stereocenters. The zero-order valence-corrected chi connectivity index (χ0v) is 10.9. The number of carbonyl (C=O) groups is 1. The third-order valence-electron chi connectivity index (χ3n) is 5.03. The van der Waals surface area contributed by atoms with Gasteiger partial charge in [0, 0.05) is 11.5 Å². The molecule has 2 heteroatoms. The van der Waals surface area contributed by atoms with E-state index in [4.69, 9.17) is 0 Å². The highest BCUT2D eigenvalue weighted by Crippen LogP contribution is 2.54. The molecule has 0 saturated heterocycles. The van der Waals surface area contributed by atoms with E-state index < -0.39 is 0 Å². The number of hydrogen-bond donors (Lipinski definition) is 1. The molecule has 0 radical (unpaired) electrons. The molecule has 2 rings (SSSR count). The van der Waals surface area contributed by atoms with Crippen molar-refractivity contribution in [3.05, 3.63) is 0 Å². The van der Waals surface area contributed by atoms with E-state index in [9.17, 15) is 4.79 Å². The lowest BCUT2D eigenvalue weighted by Gasteiger charge is -2.33. The first-order valence-corrected chi connectivity index (χ1v) is 6.96. The zero-order chi connectivity index (χ0) is 11.8. The largest absolute Gasteiger partial charge is 0.350 e. The summed E-state index contributed by atoms with van der Waals surface area (Å²) in [7, 11) is 0. The maximum Gasteiger partial charge on any atom is 0.223 e. The highest BCUT2D eigenvalue weighted by atomic mass is 16.2. The van der Waals surface area contributed by atoms with Crippen LogP contribution < -0.4 is 5.32 Å². The Morgan fingerprint density at radius 2 is 1.56 bits per heavy atom. The molecule has 0 aromatic carbocycles. The van der Waals surface area contributed by atoms with Crippen molar-refractivity contribution in [2.75, 3.05) is 0 Å². The average Bonchev–Trinajstić information content (AvgIpc) is 2.93. The molecule has 1 amide bonds. The van der Waals surface area contributed by atoms with Gasteiger partial charge in [-0.05, 0) is 50.4 Å². The fourth-order valence-corrected chi connectivity index (χ4v) is 3.31. The van der Waals surface area contributed by atoms with Crippen molar-refractivity contribution in [1.29, 1.82) is 0 Å². The van der Waals surface area contributed by atoms with Crippen molar-refractivity contribution in [2.45, 2.75) is 64.8 Å². The third kappa shape index (κ3) is 2.11. The topological polar surface area (TPSA) is 29.1 Å². The molecule has 16 heavy (non-hydrogen) atoms. The summed E-state index contributed by atoms with van der Waals surface area (Å²) in [6, 6.07) is 0. The van der Waals surface area contributed by atoms with Crippen molar-refractivity contribution in [2.24, 2.45) is 17.8 Å². The molecule has 0 aromatic heterocycles. The van der Waals surface area contributed by atoms with E-state index in [2.05, 4.69) is 26.1 Å². The number of carbonyl (C=O) groups excluding carboxylic acids is 1. The van der Waals surface area contributed by atoms with Crippen LogP contribution in [-0.4, -0.2) is 11.4 Å². The highest BCUT2D eigenvalue weighted by molar-refractivity contribution is 5.80. The average molecular weight is 223 g/mol. The first kappa shape index (κ1) is 11.9. The van der Waals surface area contributed by atoms with Gasteiger partial charge in [-0.2, -0.15) is 0 Å². The number of rotatable bonds is 5.